The first-order valence-electron chi connectivity index (χ1n) is 9.22. The molecule has 0 spiro atoms. The van der Waals surface area contributed by atoms with Crippen molar-refractivity contribution in [3.05, 3.63) is 58.4 Å². The number of fused-ring (bicyclic) bond motifs is 1. The molecule has 0 atom stereocenters. The van der Waals surface area contributed by atoms with Gasteiger partial charge in [0.25, 0.3) is 5.52 Å². The van der Waals surface area contributed by atoms with E-state index in [4.69, 9.17) is 16.0 Å². The molecule has 1 aromatic heterocycles. The van der Waals surface area contributed by atoms with Crippen LogP contribution in [0.5, 0.6) is 0 Å². The average Bonchev–Trinajstić information content (AvgIpc) is 2.98. The van der Waals surface area contributed by atoms with Gasteiger partial charge in [-0.15, -0.1) is 0 Å². The minimum atomic E-state index is 0.751. The van der Waals surface area contributed by atoms with Gasteiger partial charge in [0, 0.05) is 29.9 Å². The van der Waals surface area contributed by atoms with Crippen molar-refractivity contribution in [3.8, 4) is 0 Å². The fourth-order valence-electron chi connectivity index (χ4n) is 3.26. The monoisotopic (exact) mass is 369 g/mol. The van der Waals surface area contributed by atoms with Crippen molar-refractivity contribution in [2.75, 3.05) is 18.0 Å². The third-order valence-electron chi connectivity index (χ3n) is 4.72. The number of rotatable bonds is 6. The van der Waals surface area contributed by atoms with Gasteiger partial charge < -0.3 is 9.32 Å². The lowest BCUT2D eigenvalue weighted by Gasteiger charge is -2.21. The van der Waals surface area contributed by atoms with Crippen LogP contribution in [0, 0.1) is 6.92 Å². The largest absolute Gasteiger partial charge is 0.398 e. The number of aromatic nitrogens is 1. The Kier molecular flexibility index (Phi) is 5.67. The van der Waals surface area contributed by atoms with Crippen LogP contribution in [-0.4, -0.2) is 13.1 Å². The van der Waals surface area contributed by atoms with Crippen molar-refractivity contribution in [1.29, 1.82) is 0 Å². The van der Waals surface area contributed by atoms with E-state index in [1.807, 2.05) is 24.3 Å². The van der Waals surface area contributed by atoms with Gasteiger partial charge in [-0.1, -0.05) is 23.7 Å². The molecular formula is C22H26ClN2O+. The topological polar surface area (TPSA) is 20.3 Å². The summed E-state index contributed by atoms with van der Waals surface area (Å²) in [5.74, 6) is 0.831. The first-order chi connectivity index (χ1) is 12.6. The maximum absolute atomic E-state index is 6.51. The standard InChI is InChI=1S/C22H26ClN2O/c1-5-24(6-2)18-11-9-17(19(23)15-18)10-13-22-25(7-3)20-14-16(4)8-12-21(20)26-22/h8-15H,5-7H2,1-4H3/q+1. The molecular weight excluding hydrogens is 344 g/mol. The van der Waals surface area contributed by atoms with Crippen LogP contribution in [0.2, 0.25) is 5.02 Å². The van der Waals surface area contributed by atoms with Crippen LogP contribution in [0.15, 0.2) is 40.8 Å². The maximum Gasteiger partial charge on any atom is 0.374 e. The molecule has 3 nitrogen and oxygen atoms in total. The Labute approximate surface area is 160 Å². The molecule has 1 heterocycles. The lowest BCUT2D eigenvalue weighted by atomic mass is 10.1. The quantitative estimate of drug-likeness (QED) is 0.518. The van der Waals surface area contributed by atoms with Gasteiger partial charge in [0.2, 0.25) is 5.58 Å². The van der Waals surface area contributed by atoms with E-state index in [9.17, 15) is 0 Å². The van der Waals surface area contributed by atoms with Gasteiger partial charge >= 0.3 is 5.89 Å². The molecule has 0 aliphatic carbocycles. The van der Waals surface area contributed by atoms with E-state index in [-0.39, 0.29) is 0 Å². The number of nitrogens with zero attached hydrogens (tertiary/aromatic N) is 2. The van der Waals surface area contributed by atoms with Crippen LogP contribution >= 0.6 is 11.6 Å². The molecule has 4 heteroatoms. The van der Waals surface area contributed by atoms with Crippen LogP contribution in [0.1, 0.15) is 37.8 Å². The first-order valence-corrected chi connectivity index (χ1v) is 9.60. The number of hydrogen-bond acceptors (Lipinski definition) is 2. The predicted molar refractivity (Wildman–Crippen MR) is 111 cm³/mol. The summed E-state index contributed by atoms with van der Waals surface area (Å²) in [6, 6.07) is 12.5. The summed E-state index contributed by atoms with van der Waals surface area (Å²) in [6.45, 7) is 11.3. The van der Waals surface area contributed by atoms with Crippen molar-refractivity contribution in [2.24, 2.45) is 0 Å². The predicted octanol–water partition coefficient (Wildman–Crippen LogP) is 5.72. The van der Waals surface area contributed by atoms with Gasteiger partial charge in [-0.25, -0.2) is 0 Å². The second-order valence-corrected chi connectivity index (χ2v) is 6.77. The highest BCUT2D eigenvalue weighted by atomic mass is 35.5. The number of benzene rings is 2. The zero-order valence-corrected chi connectivity index (χ0v) is 16.7. The Morgan fingerprint density at radius 1 is 1.04 bits per heavy atom. The van der Waals surface area contributed by atoms with Crippen molar-refractivity contribution in [3.63, 3.8) is 0 Å². The summed E-state index contributed by atoms with van der Waals surface area (Å²) in [6.07, 6.45) is 4.02. The molecule has 0 aliphatic heterocycles. The molecule has 3 rings (SSSR count). The zero-order valence-electron chi connectivity index (χ0n) is 15.9. The molecule has 2 aromatic carbocycles. The Bertz CT molecular complexity index is 939. The van der Waals surface area contributed by atoms with E-state index in [2.05, 4.69) is 61.4 Å². The van der Waals surface area contributed by atoms with Gasteiger partial charge in [-0.3, -0.25) is 0 Å². The van der Waals surface area contributed by atoms with Crippen molar-refractivity contribution < 1.29 is 8.98 Å². The third-order valence-corrected chi connectivity index (χ3v) is 5.05. The molecule has 0 N–H and O–H groups in total. The summed E-state index contributed by atoms with van der Waals surface area (Å²) >= 11 is 6.51. The van der Waals surface area contributed by atoms with E-state index in [0.717, 1.165) is 52.9 Å². The van der Waals surface area contributed by atoms with Crippen molar-refractivity contribution in [2.45, 2.75) is 34.2 Å². The van der Waals surface area contributed by atoms with Crippen LogP contribution in [-0.2, 0) is 6.54 Å². The normalized spacial score (nSPS) is 11.6. The van der Waals surface area contributed by atoms with Gasteiger partial charge in [-0.2, -0.15) is 4.57 Å². The average molecular weight is 370 g/mol. The van der Waals surface area contributed by atoms with Gasteiger partial charge in [0.15, 0.2) is 0 Å². The molecule has 0 saturated carbocycles. The van der Waals surface area contributed by atoms with E-state index < -0.39 is 0 Å². The molecule has 26 heavy (non-hydrogen) atoms. The zero-order chi connectivity index (χ0) is 18.7. The lowest BCUT2D eigenvalue weighted by Crippen LogP contribution is -2.33. The molecule has 3 aromatic rings. The number of hydrogen-bond donors (Lipinski definition) is 0. The van der Waals surface area contributed by atoms with Gasteiger partial charge in [-0.05, 0) is 63.1 Å². The molecule has 0 saturated heterocycles. The van der Waals surface area contributed by atoms with Crippen LogP contribution < -0.4 is 9.47 Å². The highest BCUT2D eigenvalue weighted by Crippen LogP contribution is 2.25. The fourth-order valence-corrected chi connectivity index (χ4v) is 3.50. The van der Waals surface area contributed by atoms with E-state index >= 15 is 0 Å². The summed E-state index contributed by atoms with van der Waals surface area (Å²) < 4.78 is 8.21. The Morgan fingerprint density at radius 2 is 1.81 bits per heavy atom. The first kappa shape index (κ1) is 18.5. The van der Waals surface area contributed by atoms with Crippen LogP contribution in [0.25, 0.3) is 23.3 Å². The van der Waals surface area contributed by atoms with Crippen molar-refractivity contribution in [1.82, 2.24) is 0 Å². The summed E-state index contributed by atoms with van der Waals surface area (Å²) in [5, 5.41) is 0.751. The number of halogens is 1. The van der Waals surface area contributed by atoms with Gasteiger partial charge in [0.1, 0.15) is 6.54 Å². The second kappa shape index (κ2) is 7.96. The van der Waals surface area contributed by atoms with Gasteiger partial charge in [0.05, 0.1) is 6.08 Å². The minimum absolute atomic E-state index is 0.751. The molecule has 136 valence electrons. The Morgan fingerprint density at radius 3 is 2.46 bits per heavy atom. The number of aryl methyl sites for hydroxylation is 2. The molecule has 0 amide bonds. The fraction of sp³-hybridized carbons (Fsp3) is 0.318. The molecule has 0 radical (unpaired) electrons. The summed E-state index contributed by atoms with van der Waals surface area (Å²) in [5.41, 5.74) is 5.39. The summed E-state index contributed by atoms with van der Waals surface area (Å²) in [4.78, 5) is 2.28. The van der Waals surface area contributed by atoms with Crippen LogP contribution in [0.4, 0.5) is 5.69 Å². The Hall–Kier alpha value is -2.26. The molecule has 0 unspecified atom stereocenters. The number of oxazole rings is 1. The number of anilines is 1. The highest BCUT2D eigenvalue weighted by molar-refractivity contribution is 6.32. The molecule has 0 bridgehead atoms. The van der Waals surface area contributed by atoms with Crippen LogP contribution in [0.3, 0.4) is 0 Å². The van der Waals surface area contributed by atoms with E-state index in [0.29, 0.717) is 0 Å². The van der Waals surface area contributed by atoms with E-state index in [1.165, 1.54) is 5.56 Å². The third kappa shape index (κ3) is 3.63. The molecule has 0 fully saturated rings. The summed E-state index contributed by atoms with van der Waals surface area (Å²) in [7, 11) is 0. The SMILES string of the molecule is CCN(CC)c1ccc(/C=C/c2oc3ccc(C)cc3[n+]2CC)c(Cl)c1. The second-order valence-electron chi connectivity index (χ2n) is 6.37. The smallest absolute Gasteiger partial charge is 0.374 e. The highest BCUT2D eigenvalue weighted by Gasteiger charge is 2.19. The van der Waals surface area contributed by atoms with Crippen molar-refractivity contribution >= 4 is 40.5 Å². The minimum Gasteiger partial charge on any atom is -0.398 e. The molecule has 0 aliphatic rings. The maximum atomic E-state index is 6.51. The van der Waals surface area contributed by atoms with E-state index in [1.54, 1.807) is 0 Å². The lowest BCUT2D eigenvalue weighted by molar-refractivity contribution is -0.674. The Balaban J connectivity index is 1.94.